The lowest BCUT2D eigenvalue weighted by atomic mass is 10.1. The quantitative estimate of drug-likeness (QED) is 0.705. The van der Waals surface area contributed by atoms with Gasteiger partial charge >= 0.3 is 5.69 Å². The number of benzene rings is 2. The molecular weight excluding hydrogens is 379 g/mol. The third-order valence-corrected chi connectivity index (χ3v) is 4.61. The summed E-state index contributed by atoms with van der Waals surface area (Å²) in [4.78, 5) is 15.2. The van der Waals surface area contributed by atoms with Crippen LogP contribution in [0.25, 0.3) is 16.9 Å². The molecule has 0 aliphatic heterocycles. The van der Waals surface area contributed by atoms with Crippen LogP contribution in [0, 0.1) is 0 Å². The van der Waals surface area contributed by atoms with Crippen molar-refractivity contribution in [2.45, 2.75) is 0 Å². The Bertz CT molecular complexity index is 986. The Labute approximate surface area is 159 Å². The number of imidazole rings is 1. The Morgan fingerprint density at radius 3 is 2.12 bits per heavy atom. The molecule has 0 fully saturated rings. The van der Waals surface area contributed by atoms with Crippen LogP contribution in [0.5, 0.6) is 17.2 Å². The summed E-state index contributed by atoms with van der Waals surface area (Å²) in [5.41, 5.74) is 1.57. The van der Waals surface area contributed by atoms with E-state index in [0.717, 1.165) is 0 Å². The van der Waals surface area contributed by atoms with Crippen molar-refractivity contribution in [2.75, 3.05) is 21.3 Å². The zero-order valence-electron chi connectivity index (χ0n) is 14.3. The summed E-state index contributed by atoms with van der Waals surface area (Å²) < 4.78 is 17.5. The van der Waals surface area contributed by atoms with Gasteiger partial charge in [0.1, 0.15) is 0 Å². The van der Waals surface area contributed by atoms with E-state index in [-0.39, 0.29) is 5.69 Å². The van der Waals surface area contributed by atoms with Gasteiger partial charge in [0.15, 0.2) is 11.5 Å². The Morgan fingerprint density at radius 1 is 0.923 bits per heavy atom. The molecular formula is C18H16Cl2N2O4. The van der Waals surface area contributed by atoms with E-state index in [9.17, 15) is 4.79 Å². The van der Waals surface area contributed by atoms with Gasteiger partial charge in [0.05, 0.1) is 42.8 Å². The van der Waals surface area contributed by atoms with E-state index in [4.69, 9.17) is 37.4 Å². The molecule has 0 aliphatic carbocycles. The topological polar surface area (TPSA) is 65.5 Å². The summed E-state index contributed by atoms with van der Waals surface area (Å²) >= 11 is 12.0. The van der Waals surface area contributed by atoms with Crippen LogP contribution in [-0.4, -0.2) is 30.9 Å². The third-order valence-electron chi connectivity index (χ3n) is 3.88. The van der Waals surface area contributed by atoms with E-state index in [2.05, 4.69) is 4.98 Å². The van der Waals surface area contributed by atoms with Crippen LogP contribution in [0.15, 0.2) is 41.3 Å². The first-order valence-electron chi connectivity index (χ1n) is 7.56. The number of methoxy groups -OCH3 is 3. The van der Waals surface area contributed by atoms with Gasteiger partial charge in [0.2, 0.25) is 5.75 Å². The number of nitrogens with zero attached hydrogens (tertiary/aromatic N) is 1. The van der Waals surface area contributed by atoms with Crippen LogP contribution in [0.1, 0.15) is 0 Å². The van der Waals surface area contributed by atoms with Crippen molar-refractivity contribution in [1.29, 1.82) is 0 Å². The summed E-state index contributed by atoms with van der Waals surface area (Å²) in [6.07, 6.45) is 1.67. The van der Waals surface area contributed by atoms with Gasteiger partial charge in [0.25, 0.3) is 0 Å². The zero-order chi connectivity index (χ0) is 18.8. The van der Waals surface area contributed by atoms with E-state index < -0.39 is 0 Å². The average Bonchev–Trinajstić information content (AvgIpc) is 3.04. The molecule has 0 saturated carbocycles. The molecule has 0 bridgehead atoms. The summed E-state index contributed by atoms with van der Waals surface area (Å²) in [6, 6.07) is 8.48. The maximum absolute atomic E-state index is 12.4. The fraction of sp³-hybridized carbons (Fsp3) is 0.167. The Morgan fingerprint density at radius 2 is 1.58 bits per heavy atom. The van der Waals surface area contributed by atoms with E-state index in [1.165, 1.54) is 25.9 Å². The van der Waals surface area contributed by atoms with Crippen LogP contribution in [0.3, 0.4) is 0 Å². The van der Waals surface area contributed by atoms with Gasteiger partial charge in [-0.1, -0.05) is 23.2 Å². The molecule has 3 rings (SSSR count). The molecule has 26 heavy (non-hydrogen) atoms. The molecule has 8 heteroatoms. The predicted octanol–water partition coefficient (Wildman–Crippen LogP) is 4.17. The molecule has 0 aliphatic rings. The van der Waals surface area contributed by atoms with Crippen molar-refractivity contribution in [3.8, 4) is 34.2 Å². The fourth-order valence-corrected chi connectivity index (χ4v) is 2.90. The number of hydrogen-bond acceptors (Lipinski definition) is 4. The highest BCUT2D eigenvalue weighted by Crippen LogP contribution is 2.40. The fourth-order valence-electron chi connectivity index (χ4n) is 2.61. The highest BCUT2D eigenvalue weighted by Gasteiger charge is 2.16. The minimum absolute atomic E-state index is 0.313. The second-order valence-electron chi connectivity index (χ2n) is 5.36. The van der Waals surface area contributed by atoms with Crippen molar-refractivity contribution in [1.82, 2.24) is 9.55 Å². The summed E-state index contributed by atoms with van der Waals surface area (Å²) in [5, 5.41) is 0.787. The molecule has 2 aromatic carbocycles. The number of hydrogen-bond donors (Lipinski definition) is 1. The van der Waals surface area contributed by atoms with E-state index in [1.54, 1.807) is 36.5 Å². The molecule has 6 nitrogen and oxygen atoms in total. The smallest absolute Gasteiger partial charge is 0.330 e. The number of nitrogens with one attached hydrogen (secondary N) is 1. The first-order valence-corrected chi connectivity index (χ1v) is 8.31. The largest absolute Gasteiger partial charge is 0.493 e. The highest BCUT2D eigenvalue weighted by molar-refractivity contribution is 6.42. The molecule has 1 heterocycles. The highest BCUT2D eigenvalue weighted by atomic mass is 35.5. The molecule has 0 atom stereocenters. The van der Waals surface area contributed by atoms with E-state index in [1.807, 2.05) is 0 Å². The van der Waals surface area contributed by atoms with Crippen LogP contribution < -0.4 is 19.9 Å². The summed E-state index contributed by atoms with van der Waals surface area (Å²) in [6.45, 7) is 0. The molecule has 3 aromatic rings. The van der Waals surface area contributed by atoms with Crippen molar-refractivity contribution >= 4 is 23.2 Å². The lowest BCUT2D eigenvalue weighted by molar-refractivity contribution is 0.324. The molecule has 136 valence electrons. The van der Waals surface area contributed by atoms with Gasteiger partial charge in [-0.05, 0) is 30.3 Å². The standard InChI is InChI=1S/C18H16Cl2N2O4/c1-24-15-6-10(7-16(25-2)17(15)26-3)14-9-22(18(23)21-14)11-4-5-12(19)13(20)8-11/h4-9H,1-3H3,(H,21,23). The van der Waals surface area contributed by atoms with E-state index >= 15 is 0 Å². The molecule has 0 saturated heterocycles. The Balaban J connectivity index is 2.12. The van der Waals surface area contributed by atoms with Crippen LogP contribution in [0.4, 0.5) is 0 Å². The normalized spacial score (nSPS) is 10.7. The lowest BCUT2D eigenvalue weighted by Gasteiger charge is -2.13. The number of ether oxygens (including phenoxy) is 3. The van der Waals surface area contributed by atoms with Gasteiger partial charge in [-0.15, -0.1) is 0 Å². The first-order chi connectivity index (χ1) is 12.5. The number of aromatic amines is 1. The lowest BCUT2D eigenvalue weighted by Crippen LogP contribution is -2.13. The Hall–Kier alpha value is -2.57. The van der Waals surface area contributed by atoms with Crippen molar-refractivity contribution in [3.63, 3.8) is 0 Å². The van der Waals surface area contributed by atoms with Crippen LogP contribution >= 0.6 is 23.2 Å². The monoisotopic (exact) mass is 394 g/mol. The average molecular weight is 395 g/mol. The Kier molecular flexibility index (Phi) is 5.15. The van der Waals surface area contributed by atoms with Gasteiger partial charge in [-0.3, -0.25) is 4.57 Å². The maximum Gasteiger partial charge on any atom is 0.330 e. The van der Waals surface area contributed by atoms with Crippen molar-refractivity contribution in [2.24, 2.45) is 0 Å². The third kappa shape index (κ3) is 3.25. The zero-order valence-corrected chi connectivity index (χ0v) is 15.8. The molecule has 0 spiro atoms. The van der Waals surface area contributed by atoms with Crippen molar-refractivity contribution < 1.29 is 14.2 Å². The second-order valence-corrected chi connectivity index (χ2v) is 6.17. The molecule has 0 amide bonds. The number of H-pyrrole nitrogens is 1. The summed E-state index contributed by atoms with van der Waals surface area (Å²) in [7, 11) is 4.60. The molecule has 0 radical (unpaired) electrons. The first kappa shape index (κ1) is 18.2. The number of rotatable bonds is 5. The van der Waals surface area contributed by atoms with Gasteiger partial charge in [0, 0.05) is 11.8 Å². The van der Waals surface area contributed by atoms with Gasteiger partial charge < -0.3 is 19.2 Å². The molecule has 1 N–H and O–H groups in total. The van der Waals surface area contributed by atoms with Gasteiger partial charge in [-0.25, -0.2) is 4.79 Å². The SMILES string of the molecule is COc1cc(-c2cn(-c3ccc(Cl)c(Cl)c3)c(=O)[nH]2)cc(OC)c1OC. The maximum atomic E-state index is 12.4. The molecule has 1 aromatic heterocycles. The second kappa shape index (κ2) is 7.35. The minimum Gasteiger partial charge on any atom is -0.493 e. The molecule has 0 unspecified atom stereocenters. The van der Waals surface area contributed by atoms with Gasteiger partial charge in [-0.2, -0.15) is 0 Å². The number of halogens is 2. The van der Waals surface area contributed by atoms with E-state index in [0.29, 0.717) is 44.2 Å². The minimum atomic E-state index is -0.313. The van der Waals surface area contributed by atoms with Crippen LogP contribution in [0.2, 0.25) is 10.0 Å². The van der Waals surface area contributed by atoms with Crippen LogP contribution in [-0.2, 0) is 0 Å². The summed E-state index contributed by atoms with van der Waals surface area (Å²) in [5.74, 6) is 1.46. The van der Waals surface area contributed by atoms with Crippen molar-refractivity contribution in [3.05, 3.63) is 57.1 Å². The number of aromatic nitrogens is 2. The predicted molar refractivity (Wildman–Crippen MR) is 102 cm³/mol.